The molecule has 2 unspecified atom stereocenters. The normalized spacial score (nSPS) is 28.2. The van der Waals surface area contributed by atoms with Crippen molar-refractivity contribution in [2.45, 2.75) is 52.5 Å². The number of aromatic amines is 1. The zero-order valence-corrected chi connectivity index (χ0v) is 11.3. The van der Waals surface area contributed by atoms with E-state index in [2.05, 4.69) is 36.1 Å². The average Bonchev–Trinajstić information content (AvgIpc) is 2.73. The van der Waals surface area contributed by atoms with Crippen molar-refractivity contribution in [2.24, 2.45) is 11.3 Å². The fourth-order valence-corrected chi connectivity index (χ4v) is 3.06. The summed E-state index contributed by atoms with van der Waals surface area (Å²) >= 11 is 0. The van der Waals surface area contributed by atoms with Gasteiger partial charge in [0, 0.05) is 30.9 Å². The molecule has 1 aromatic rings. The lowest BCUT2D eigenvalue weighted by molar-refractivity contribution is 0.149. The van der Waals surface area contributed by atoms with E-state index in [1.54, 1.807) is 6.33 Å². The molecule has 0 aromatic carbocycles. The standard InChI is InChI=1S/C14H25N3/c1-11-8-14(2,3)6-4-13(11)16-7-5-12-9-15-10-17-12/h9-11,13,16H,4-8H2,1-3H3,(H,15,17). The molecule has 0 aliphatic heterocycles. The van der Waals surface area contributed by atoms with Gasteiger partial charge in [0.25, 0.3) is 0 Å². The number of hydrogen-bond acceptors (Lipinski definition) is 2. The first-order valence-electron chi connectivity index (χ1n) is 6.77. The van der Waals surface area contributed by atoms with Crippen molar-refractivity contribution in [1.29, 1.82) is 0 Å². The first-order valence-corrected chi connectivity index (χ1v) is 6.77. The van der Waals surface area contributed by atoms with Gasteiger partial charge in [-0.05, 0) is 30.6 Å². The Kier molecular flexibility index (Phi) is 3.87. The highest BCUT2D eigenvalue weighted by Crippen LogP contribution is 2.38. The largest absolute Gasteiger partial charge is 0.348 e. The van der Waals surface area contributed by atoms with E-state index in [4.69, 9.17) is 0 Å². The molecule has 3 nitrogen and oxygen atoms in total. The summed E-state index contributed by atoms with van der Waals surface area (Å²) in [6.45, 7) is 8.22. The van der Waals surface area contributed by atoms with Crippen LogP contribution in [0.4, 0.5) is 0 Å². The maximum absolute atomic E-state index is 4.04. The minimum atomic E-state index is 0.543. The second kappa shape index (κ2) is 5.21. The molecule has 1 heterocycles. The first-order chi connectivity index (χ1) is 8.07. The van der Waals surface area contributed by atoms with Crippen LogP contribution in [-0.4, -0.2) is 22.6 Å². The number of rotatable bonds is 4. The summed E-state index contributed by atoms with van der Waals surface area (Å²) < 4.78 is 0. The van der Waals surface area contributed by atoms with Crippen molar-refractivity contribution < 1.29 is 0 Å². The minimum absolute atomic E-state index is 0.543. The van der Waals surface area contributed by atoms with Crippen LogP contribution >= 0.6 is 0 Å². The summed E-state index contributed by atoms with van der Waals surface area (Å²) in [6.07, 6.45) is 8.72. The molecule has 0 spiro atoms. The van der Waals surface area contributed by atoms with Gasteiger partial charge in [-0.1, -0.05) is 20.8 Å². The molecule has 17 heavy (non-hydrogen) atoms. The molecule has 0 bridgehead atoms. The summed E-state index contributed by atoms with van der Waals surface area (Å²) in [4.78, 5) is 7.19. The molecule has 96 valence electrons. The Morgan fingerprint density at radius 1 is 1.53 bits per heavy atom. The second-order valence-electron chi connectivity index (χ2n) is 6.27. The molecule has 0 radical (unpaired) electrons. The Morgan fingerprint density at radius 2 is 2.35 bits per heavy atom. The molecule has 2 atom stereocenters. The van der Waals surface area contributed by atoms with Gasteiger partial charge in [-0.15, -0.1) is 0 Å². The zero-order valence-electron chi connectivity index (χ0n) is 11.3. The lowest BCUT2D eigenvalue weighted by atomic mass is 9.70. The van der Waals surface area contributed by atoms with Crippen molar-refractivity contribution in [3.05, 3.63) is 18.2 Å². The topological polar surface area (TPSA) is 40.7 Å². The fraction of sp³-hybridized carbons (Fsp3) is 0.786. The third-order valence-electron chi connectivity index (χ3n) is 4.05. The number of hydrogen-bond donors (Lipinski definition) is 2. The molecule has 1 fully saturated rings. The van der Waals surface area contributed by atoms with Crippen LogP contribution < -0.4 is 5.32 Å². The van der Waals surface area contributed by atoms with E-state index in [0.29, 0.717) is 11.5 Å². The van der Waals surface area contributed by atoms with Crippen molar-refractivity contribution >= 4 is 0 Å². The first kappa shape index (κ1) is 12.6. The van der Waals surface area contributed by atoms with Crippen LogP contribution in [-0.2, 0) is 6.42 Å². The minimum Gasteiger partial charge on any atom is -0.348 e. The summed E-state index contributed by atoms with van der Waals surface area (Å²) in [6, 6.07) is 0.700. The molecular weight excluding hydrogens is 210 g/mol. The van der Waals surface area contributed by atoms with Gasteiger partial charge in [-0.3, -0.25) is 0 Å². The Hall–Kier alpha value is -0.830. The zero-order chi connectivity index (χ0) is 12.3. The molecular formula is C14H25N3. The number of aromatic nitrogens is 2. The predicted molar refractivity (Wildman–Crippen MR) is 70.9 cm³/mol. The lowest BCUT2D eigenvalue weighted by Crippen LogP contribution is -2.42. The van der Waals surface area contributed by atoms with Gasteiger partial charge in [-0.2, -0.15) is 0 Å². The van der Waals surface area contributed by atoms with Crippen LogP contribution in [0, 0.1) is 11.3 Å². The van der Waals surface area contributed by atoms with Crippen LogP contribution in [0.2, 0.25) is 0 Å². The van der Waals surface area contributed by atoms with Gasteiger partial charge in [0.1, 0.15) is 0 Å². The number of H-pyrrole nitrogens is 1. The third kappa shape index (κ3) is 3.56. The van der Waals surface area contributed by atoms with Gasteiger partial charge in [0.15, 0.2) is 0 Å². The van der Waals surface area contributed by atoms with Gasteiger partial charge in [0.2, 0.25) is 0 Å². The molecule has 2 N–H and O–H groups in total. The van der Waals surface area contributed by atoms with E-state index in [0.717, 1.165) is 18.9 Å². The quantitative estimate of drug-likeness (QED) is 0.842. The summed E-state index contributed by atoms with van der Waals surface area (Å²) in [5.41, 5.74) is 1.77. The van der Waals surface area contributed by atoms with Crippen molar-refractivity contribution in [3.63, 3.8) is 0 Å². The summed E-state index contributed by atoms with van der Waals surface area (Å²) in [5.74, 6) is 0.792. The van der Waals surface area contributed by atoms with Crippen molar-refractivity contribution in [3.8, 4) is 0 Å². The Bertz CT molecular complexity index is 329. The van der Waals surface area contributed by atoms with Crippen LogP contribution in [0.15, 0.2) is 12.5 Å². The Balaban J connectivity index is 1.73. The lowest BCUT2D eigenvalue weighted by Gasteiger charge is -2.39. The van der Waals surface area contributed by atoms with E-state index < -0.39 is 0 Å². The highest BCUT2D eigenvalue weighted by atomic mass is 14.9. The van der Waals surface area contributed by atoms with E-state index >= 15 is 0 Å². The van der Waals surface area contributed by atoms with E-state index in [1.807, 2.05) is 6.20 Å². The monoisotopic (exact) mass is 235 g/mol. The highest BCUT2D eigenvalue weighted by Gasteiger charge is 2.31. The summed E-state index contributed by atoms with van der Waals surface area (Å²) in [7, 11) is 0. The van der Waals surface area contributed by atoms with E-state index in [1.165, 1.54) is 25.0 Å². The van der Waals surface area contributed by atoms with Gasteiger partial charge in [-0.25, -0.2) is 4.98 Å². The Morgan fingerprint density at radius 3 is 3.00 bits per heavy atom. The molecule has 0 saturated heterocycles. The van der Waals surface area contributed by atoms with E-state index in [-0.39, 0.29) is 0 Å². The third-order valence-corrected chi connectivity index (χ3v) is 4.05. The number of nitrogens with one attached hydrogen (secondary N) is 2. The number of imidazole rings is 1. The molecule has 1 saturated carbocycles. The molecule has 1 aliphatic rings. The predicted octanol–water partition coefficient (Wildman–Crippen LogP) is 2.76. The highest BCUT2D eigenvalue weighted by molar-refractivity contribution is 4.95. The van der Waals surface area contributed by atoms with Gasteiger partial charge < -0.3 is 10.3 Å². The van der Waals surface area contributed by atoms with Crippen LogP contribution in [0.1, 0.15) is 45.7 Å². The van der Waals surface area contributed by atoms with Crippen LogP contribution in [0.5, 0.6) is 0 Å². The fourth-order valence-electron chi connectivity index (χ4n) is 3.06. The van der Waals surface area contributed by atoms with Gasteiger partial charge >= 0.3 is 0 Å². The van der Waals surface area contributed by atoms with Crippen LogP contribution in [0.3, 0.4) is 0 Å². The van der Waals surface area contributed by atoms with E-state index in [9.17, 15) is 0 Å². The number of nitrogens with zero attached hydrogens (tertiary/aromatic N) is 1. The second-order valence-corrected chi connectivity index (χ2v) is 6.27. The molecule has 3 heteroatoms. The summed E-state index contributed by atoms with van der Waals surface area (Å²) in [5, 5.41) is 3.70. The van der Waals surface area contributed by atoms with Crippen LogP contribution in [0.25, 0.3) is 0 Å². The molecule has 1 aliphatic carbocycles. The maximum atomic E-state index is 4.04. The van der Waals surface area contributed by atoms with Crippen molar-refractivity contribution in [1.82, 2.24) is 15.3 Å². The average molecular weight is 235 g/mol. The SMILES string of the molecule is CC1CC(C)(C)CCC1NCCc1cnc[nH]1. The molecule has 0 amide bonds. The smallest absolute Gasteiger partial charge is 0.0921 e. The maximum Gasteiger partial charge on any atom is 0.0921 e. The van der Waals surface area contributed by atoms with Gasteiger partial charge in [0.05, 0.1) is 6.33 Å². The molecule has 1 aromatic heterocycles. The molecule has 2 rings (SSSR count). The van der Waals surface area contributed by atoms with Crippen molar-refractivity contribution in [2.75, 3.05) is 6.54 Å². The Labute approximate surface area is 104 Å².